The van der Waals surface area contributed by atoms with E-state index in [9.17, 15) is 33.4 Å². The topological polar surface area (TPSA) is 112 Å². The highest BCUT2D eigenvalue weighted by atomic mass is 19.1. The van der Waals surface area contributed by atoms with Gasteiger partial charge in [0.05, 0.1) is 29.2 Å². The number of amides is 1. The average molecular weight is 551 g/mol. The van der Waals surface area contributed by atoms with Crippen LogP contribution >= 0.6 is 0 Å². The van der Waals surface area contributed by atoms with Gasteiger partial charge in [0.2, 0.25) is 5.43 Å². The first-order chi connectivity index (χ1) is 18.2. The van der Waals surface area contributed by atoms with Crippen LogP contribution in [-0.4, -0.2) is 69.6 Å². The van der Waals surface area contributed by atoms with Gasteiger partial charge in [-0.3, -0.25) is 9.69 Å². The largest absolute Gasteiger partial charge is 0.477 e. The third-order valence-corrected chi connectivity index (χ3v) is 6.19. The van der Waals surface area contributed by atoms with Gasteiger partial charge in [0.1, 0.15) is 34.3 Å². The van der Waals surface area contributed by atoms with E-state index in [1.807, 2.05) is 0 Å². The number of pyridine rings is 1. The zero-order valence-corrected chi connectivity index (χ0v) is 21.2. The number of ether oxygens (including phenoxy) is 1. The molecule has 39 heavy (non-hydrogen) atoms. The number of rotatable bonds is 4. The Balaban J connectivity index is 1.87. The maximum Gasteiger partial charge on any atom is 0.410 e. The van der Waals surface area contributed by atoms with Crippen molar-refractivity contribution in [3.8, 4) is 5.69 Å². The molecule has 0 unspecified atom stereocenters. The molecule has 0 saturated carbocycles. The number of nitrogens with zero attached hydrogens (tertiary/aromatic N) is 3. The van der Waals surface area contributed by atoms with Gasteiger partial charge in [-0.1, -0.05) is 0 Å². The lowest BCUT2D eigenvalue weighted by molar-refractivity contribution is 0.00697. The maximum absolute atomic E-state index is 16.1. The Hall–Kier alpha value is -4.13. The van der Waals surface area contributed by atoms with Crippen molar-refractivity contribution in [2.45, 2.75) is 32.4 Å². The highest BCUT2D eigenvalue weighted by Gasteiger charge is 2.35. The average Bonchev–Trinajstić information content (AvgIpc) is 2.83. The van der Waals surface area contributed by atoms with Crippen LogP contribution in [0.1, 0.15) is 31.1 Å². The van der Waals surface area contributed by atoms with Crippen LogP contribution in [0.15, 0.2) is 35.3 Å². The monoisotopic (exact) mass is 551 g/mol. The molecular formula is C26H25F4N3O6. The number of aromatic nitrogens is 1. The van der Waals surface area contributed by atoms with Crippen molar-refractivity contribution in [3.63, 3.8) is 0 Å². The second-order valence-electron chi connectivity index (χ2n) is 10.0. The van der Waals surface area contributed by atoms with Crippen molar-refractivity contribution in [2.75, 3.05) is 31.1 Å². The number of carboxylic acid groups (broad SMARTS) is 1. The van der Waals surface area contributed by atoms with E-state index in [0.29, 0.717) is 22.9 Å². The fourth-order valence-electron chi connectivity index (χ4n) is 4.49. The van der Waals surface area contributed by atoms with Crippen LogP contribution in [0.3, 0.4) is 0 Å². The number of hydrogen-bond donors (Lipinski definition) is 2. The molecule has 1 saturated heterocycles. The van der Waals surface area contributed by atoms with E-state index in [-0.39, 0.29) is 19.6 Å². The van der Waals surface area contributed by atoms with E-state index in [1.165, 1.54) is 9.80 Å². The van der Waals surface area contributed by atoms with Crippen molar-refractivity contribution in [1.29, 1.82) is 0 Å². The van der Waals surface area contributed by atoms with Crippen LogP contribution in [0, 0.1) is 23.3 Å². The SMILES string of the molecule is CC(C)(C)OC(=O)N1CCN(c2c(F)cc3c(=O)c(C(=O)O)cn(-c4ccc(F)cc4F)c3c2F)C[C@H]1CO. The molecule has 0 bridgehead atoms. The van der Waals surface area contributed by atoms with Gasteiger partial charge >= 0.3 is 12.1 Å². The van der Waals surface area contributed by atoms with Crippen LogP contribution in [0.4, 0.5) is 28.0 Å². The molecular weight excluding hydrogens is 526 g/mol. The number of aromatic carboxylic acids is 1. The number of carboxylic acids is 1. The summed E-state index contributed by atoms with van der Waals surface area (Å²) in [6.45, 7) is 4.03. The molecule has 0 radical (unpaired) electrons. The molecule has 1 fully saturated rings. The predicted octanol–water partition coefficient (Wildman–Crippen LogP) is 3.66. The van der Waals surface area contributed by atoms with Gasteiger partial charge in [0, 0.05) is 31.9 Å². The third-order valence-electron chi connectivity index (χ3n) is 6.19. The van der Waals surface area contributed by atoms with Gasteiger partial charge in [0.15, 0.2) is 5.82 Å². The van der Waals surface area contributed by atoms with Gasteiger partial charge in [-0.05, 0) is 39.0 Å². The molecule has 1 aliphatic heterocycles. The van der Waals surface area contributed by atoms with Gasteiger partial charge in [-0.2, -0.15) is 0 Å². The van der Waals surface area contributed by atoms with Crippen LogP contribution in [-0.2, 0) is 4.74 Å². The Kier molecular flexibility index (Phi) is 7.30. The summed E-state index contributed by atoms with van der Waals surface area (Å²) in [7, 11) is 0. The Morgan fingerprint density at radius 1 is 1.08 bits per heavy atom. The predicted molar refractivity (Wildman–Crippen MR) is 132 cm³/mol. The fourth-order valence-corrected chi connectivity index (χ4v) is 4.49. The molecule has 2 N–H and O–H groups in total. The lowest BCUT2D eigenvalue weighted by atomic mass is 10.1. The van der Waals surface area contributed by atoms with E-state index in [1.54, 1.807) is 20.8 Å². The normalized spacial score (nSPS) is 16.1. The fraction of sp³-hybridized carbons (Fsp3) is 0.346. The molecule has 9 nitrogen and oxygen atoms in total. The summed E-state index contributed by atoms with van der Waals surface area (Å²) < 4.78 is 65.9. The second-order valence-corrected chi connectivity index (χ2v) is 10.0. The lowest BCUT2D eigenvalue weighted by Gasteiger charge is -2.42. The first kappa shape index (κ1) is 27.9. The molecule has 2 heterocycles. The number of carbonyl (C=O) groups excluding carboxylic acids is 1. The molecule has 4 rings (SSSR count). The number of fused-ring (bicyclic) bond motifs is 1. The van der Waals surface area contributed by atoms with Gasteiger partial charge in [-0.15, -0.1) is 0 Å². The molecule has 1 aromatic heterocycles. The molecule has 208 valence electrons. The van der Waals surface area contributed by atoms with E-state index >= 15 is 8.78 Å². The van der Waals surface area contributed by atoms with Gasteiger partial charge < -0.3 is 24.4 Å². The first-order valence-corrected chi connectivity index (χ1v) is 11.8. The summed E-state index contributed by atoms with van der Waals surface area (Å²) in [6, 6.07) is 2.00. The minimum atomic E-state index is -1.72. The summed E-state index contributed by atoms with van der Waals surface area (Å²) in [6.07, 6.45) is -0.0344. The number of hydrogen-bond acceptors (Lipinski definition) is 6. The summed E-state index contributed by atoms with van der Waals surface area (Å²) >= 11 is 0. The molecule has 1 atom stereocenters. The van der Waals surface area contributed by atoms with E-state index in [4.69, 9.17) is 4.74 Å². The minimum absolute atomic E-state index is 0.0750. The molecule has 13 heteroatoms. The number of aliphatic hydroxyl groups is 1. The zero-order chi connectivity index (χ0) is 28.8. The number of halogens is 4. The number of anilines is 1. The van der Waals surface area contributed by atoms with Crippen LogP contribution in [0.2, 0.25) is 0 Å². The van der Waals surface area contributed by atoms with Crippen molar-refractivity contribution in [3.05, 3.63) is 69.5 Å². The van der Waals surface area contributed by atoms with Gasteiger partial charge in [-0.25, -0.2) is 27.2 Å². The van der Waals surface area contributed by atoms with Crippen LogP contribution in [0.25, 0.3) is 16.6 Å². The van der Waals surface area contributed by atoms with E-state index < -0.39 is 86.9 Å². The Bertz CT molecular complexity index is 1540. The number of aliphatic hydroxyl groups excluding tert-OH is 1. The zero-order valence-electron chi connectivity index (χ0n) is 21.2. The van der Waals surface area contributed by atoms with Gasteiger partial charge in [0.25, 0.3) is 0 Å². The highest BCUT2D eigenvalue weighted by molar-refractivity contribution is 5.94. The summed E-state index contributed by atoms with van der Waals surface area (Å²) in [5.74, 6) is -6.39. The first-order valence-electron chi connectivity index (χ1n) is 11.8. The number of carbonyl (C=O) groups is 2. The molecule has 0 spiro atoms. The number of piperazine rings is 1. The van der Waals surface area contributed by atoms with Crippen molar-refractivity contribution < 1.29 is 42.1 Å². The molecule has 1 aliphatic rings. The molecule has 1 amide bonds. The highest BCUT2D eigenvalue weighted by Crippen LogP contribution is 2.33. The quantitative estimate of drug-likeness (QED) is 0.476. The van der Waals surface area contributed by atoms with Crippen molar-refractivity contribution in [2.24, 2.45) is 0 Å². The van der Waals surface area contributed by atoms with Crippen molar-refractivity contribution >= 4 is 28.7 Å². The van der Waals surface area contributed by atoms with Crippen molar-refractivity contribution in [1.82, 2.24) is 9.47 Å². The molecule has 2 aromatic carbocycles. The Morgan fingerprint density at radius 3 is 2.36 bits per heavy atom. The summed E-state index contributed by atoms with van der Waals surface area (Å²) in [5, 5.41) is 18.7. The number of benzene rings is 2. The molecule has 3 aromatic rings. The minimum Gasteiger partial charge on any atom is -0.477 e. The van der Waals surface area contributed by atoms with E-state index in [0.717, 1.165) is 12.1 Å². The smallest absolute Gasteiger partial charge is 0.410 e. The second kappa shape index (κ2) is 10.2. The van der Waals surface area contributed by atoms with Crippen LogP contribution < -0.4 is 10.3 Å². The Labute approximate surface area is 219 Å². The summed E-state index contributed by atoms with van der Waals surface area (Å²) in [4.78, 5) is 39.6. The molecule has 0 aliphatic carbocycles. The van der Waals surface area contributed by atoms with E-state index in [2.05, 4.69) is 0 Å². The van der Waals surface area contributed by atoms with Crippen LogP contribution in [0.5, 0.6) is 0 Å². The maximum atomic E-state index is 16.1. The third kappa shape index (κ3) is 5.26. The standard InChI is InChI=1S/C26H25F4N3O6/c1-26(2,3)39-25(38)32-7-6-31(10-14(32)12-34)22-18(29)9-15-21(20(22)30)33(11-16(23(15)35)24(36)37)19-5-4-13(27)8-17(19)28/h4-5,8-9,11,14,34H,6-7,10,12H2,1-3H3,(H,36,37)/t14-/m0/s1. The summed E-state index contributed by atoms with van der Waals surface area (Å²) in [5.41, 5.74) is -4.67. The Morgan fingerprint density at radius 2 is 1.77 bits per heavy atom. The lowest BCUT2D eigenvalue weighted by Crippen LogP contribution is -2.57.